The molecule has 3 heteroatoms. The van der Waals surface area contributed by atoms with Gasteiger partial charge >= 0.3 is 0 Å². The maximum Gasteiger partial charge on any atom is 0.239 e. The van der Waals surface area contributed by atoms with Crippen LogP contribution in [0.4, 0.5) is 0 Å². The summed E-state index contributed by atoms with van der Waals surface area (Å²) >= 11 is 0. The molecule has 0 aromatic heterocycles. The van der Waals surface area contributed by atoms with Gasteiger partial charge in [-0.3, -0.25) is 4.79 Å². The van der Waals surface area contributed by atoms with Crippen molar-refractivity contribution in [2.45, 2.75) is 64.0 Å². The summed E-state index contributed by atoms with van der Waals surface area (Å²) in [7, 11) is 0. The van der Waals surface area contributed by atoms with Crippen molar-refractivity contribution in [1.29, 1.82) is 0 Å². The van der Waals surface area contributed by atoms with Gasteiger partial charge in [0, 0.05) is 12.6 Å². The summed E-state index contributed by atoms with van der Waals surface area (Å²) in [5.74, 6) is 0.157. The Hall–Kier alpha value is -1.35. The van der Waals surface area contributed by atoms with Crippen LogP contribution in [0.1, 0.15) is 51.0 Å². The number of piperidine rings is 1. The number of nitrogens with two attached hydrogens (primary N) is 1. The van der Waals surface area contributed by atoms with Crippen molar-refractivity contribution in [1.82, 2.24) is 4.90 Å². The second-order valence-corrected chi connectivity index (χ2v) is 6.10. The largest absolute Gasteiger partial charge is 0.338 e. The standard InChI is InChI=1S/C18H28N2O/c1-2-8-16-11-6-7-14-20(16)18(21)17(19)13-12-15-9-4-3-5-10-15/h3-5,9-10,16-17H,2,6-8,11-14,19H2,1H3/t16?,17-/m0/s1. The third kappa shape index (κ3) is 4.57. The number of rotatable bonds is 6. The average Bonchev–Trinajstić information content (AvgIpc) is 2.54. The Kier molecular flexibility index (Phi) is 6.24. The lowest BCUT2D eigenvalue weighted by molar-refractivity contribution is -0.136. The van der Waals surface area contributed by atoms with Crippen LogP contribution in [0.25, 0.3) is 0 Å². The van der Waals surface area contributed by atoms with Gasteiger partial charge in [-0.1, -0.05) is 43.7 Å². The van der Waals surface area contributed by atoms with Gasteiger partial charge in [-0.25, -0.2) is 0 Å². The Morgan fingerprint density at radius 3 is 2.81 bits per heavy atom. The van der Waals surface area contributed by atoms with Crippen LogP contribution in [0.2, 0.25) is 0 Å². The summed E-state index contributed by atoms with van der Waals surface area (Å²) in [5, 5.41) is 0. The van der Waals surface area contributed by atoms with E-state index < -0.39 is 0 Å². The SMILES string of the molecule is CCCC1CCCCN1C(=O)[C@@H](N)CCc1ccccc1. The molecule has 0 bridgehead atoms. The molecule has 1 saturated heterocycles. The summed E-state index contributed by atoms with van der Waals surface area (Å²) in [6, 6.07) is 10.3. The molecule has 2 rings (SSSR count). The molecule has 0 saturated carbocycles. The van der Waals surface area contributed by atoms with Crippen LogP contribution in [0.15, 0.2) is 30.3 Å². The molecule has 1 aromatic carbocycles. The van der Waals surface area contributed by atoms with Crippen LogP contribution in [0.3, 0.4) is 0 Å². The smallest absolute Gasteiger partial charge is 0.239 e. The molecule has 0 aliphatic carbocycles. The van der Waals surface area contributed by atoms with Gasteiger partial charge in [0.2, 0.25) is 5.91 Å². The van der Waals surface area contributed by atoms with Crippen molar-refractivity contribution in [3.63, 3.8) is 0 Å². The lowest BCUT2D eigenvalue weighted by atomic mass is 9.96. The highest BCUT2D eigenvalue weighted by Gasteiger charge is 2.29. The number of likely N-dealkylation sites (tertiary alicyclic amines) is 1. The fourth-order valence-electron chi connectivity index (χ4n) is 3.23. The third-order valence-electron chi connectivity index (χ3n) is 4.44. The van der Waals surface area contributed by atoms with Crippen molar-refractivity contribution < 1.29 is 4.79 Å². The minimum absolute atomic E-state index is 0.157. The van der Waals surface area contributed by atoms with E-state index in [1.165, 1.54) is 12.0 Å². The van der Waals surface area contributed by atoms with Crippen LogP contribution in [-0.2, 0) is 11.2 Å². The highest BCUT2D eigenvalue weighted by atomic mass is 16.2. The van der Waals surface area contributed by atoms with E-state index in [0.717, 1.165) is 45.1 Å². The van der Waals surface area contributed by atoms with E-state index in [-0.39, 0.29) is 11.9 Å². The van der Waals surface area contributed by atoms with Crippen LogP contribution >= 0.6 is 0 Å². The summed E-state index contributed by atoms with van der Waals surface area (Å²) < 4.78 is 0. The summed E-state index contributed by atoms with van der Waals surface area (Å²) in [4.78, 5) is 14.7. The zero-order valence-electron chi connectivity index (χ0n) is 13.1. The molecule has 3 nitrogen and oxygen atoms in total. The lowest BCUT2D eigenvalue weighted by Crippen LogP contribution is -2.50. The minimum Gasteiger partial charge on any atom is -0.338 e. The number of carbonyl (C=O) groups excluding carboxylic acids is 1. The molecule has 1 aliphatic rings. The summed E-state index contributed by atoms with van der Waals surface area (Å²) in [6.45, 7) is 3.08. The Morgan fingerprint density at radius 1 is 1.33 bits per heavy atom. The van der Waals surface area contributed by atoms with Gasteiger partial charge in [0.15, 0.2) is 0 Å². The van der Waals surface area contributed by atoms with Gasteiger partial charge in [-0.05, 0) is 44.1 Å². The third-order valence-corrected chi connectivity index (χ3v) is 4.44. The molecule has 0 radical (unpaired) electrons. The van der Waals surface area contributed by atoms with E-state index in [0.29, 0.717) is 6.04 Å². The predicted molar refractivity (Wildman–Crippen MR) is 87.0 cm³/mol. The van der Waals surface area contributed by atoms with Crippen molar-refractivity contribution in [2.24, 2.45) is 5.73 Å². The van der Waals surface area contributed by atoms with Crippen LogP contribution < -0.4 is 5.73 Å². The van der Waals surface area contributed by atoms with E-state index in [2.05, 4.69) is 24.0 Å². The van der Waals surface area contributed by atoms with Gasteiger partial charge < -0.3 is 10.6 Å². The Bertz CT molecular complexity index is 430. The van der Waals surface area contributed by atoms with Crippen LogP contribution in [-0.4, -0.2) is 29.4 Å². The molecule has 1 heterocycles. The molecule has 1 aromatic rings. The van der Waals surface area contributed by atoms with Gasteiger partial charge in [-0.2, -0.15) is 0 Å². The molecular weight excluding hydrogens is 260 g/mol. The fraction of sp³-hybridized carbons (Fsp3) is 0.611. The number of aryl methyl sites for hydroxylation is 1. The first-order valence-electron chi connectivity index (χ1n) is 8.32. The second kappa shape index (κ2) is 8.18. The lowest BCUT2D eigenvalue weighted by Gasteiger charge is -2.37. The normalized spacial score (nSPS) is 20.3. The van der Waals surface area contributed by atoms with Crippen LogP contribution in [0.5, 0.6) is 0 Å². The van der Waals surface area contributed by atoms with Gasteiger partial charge in [0.05, 0.1) is 6.04 Å². The van der Waals surface area contributed by atoms with Crippen LogP contribution in [0, 0.1) is 0 Å². The van der Waals surface area contributed by atoms with Crippen molar-refractivity contribution in [3.8, 4) is 0 Å². The first-order valence-corrected chi connectivity index (χ1v) is 8.32. The van der Waals surface area contributed by atoms with E-state index >= 15 is 0 Å². The molecule has 2 atom stereocenters. The number of nitrogens with zero attached hydrogens (tertiary/aromatic N) is 1. The van der Waals surface area contributed by atoms with E-state index in [9.17, 15) is 4.79 Å². The minimum atomic E-state index is -0.359. The molecule has 1 amide bonds. The Morgan fingerprint density at radius 2 is 2.10 bits per heavy atom. The maximum atomic E-state index is 12.6. The number of carbonyl (C=O) groups is 1. The Labute approximate surface area is 128 Å². The molecule has 116 valence electrons. The van der Waals surface area contributed by atoms with E-state index in [1.807, 2.05) is 18.2 Å². The van der Waals surface area contributed by atoms with Crippen molar-refractivity contribution in [3.05, 3.63) is 35.9 Å². The molecule has 1 unspecified atom stereocenters. The molecule has 0 spiro atoms. The number of benzene rings is 1. The summed E-state index contributed by atoms with van der Waals surface area (Å²) in [6.07, 6.45) is 7.36. The first kappa shape index (κ1) is 16.0. The van der Waals surface area contributed by atoms with Gasteiger partial charge in [-0.15, -0.1) is 0 Å². The first-order chi connectivity index (χ1) is 10.2. The van der Waals surface area contributed by atoms with E-state index in [1.54, 1.807) is 0 Å². The van der Waals surface area contributed by atoms with Crippen molar-refractivity contribution >= 4 is 5.91 Å². The average molecular weight is 288 g/mol. The van der Waals surface area contributed by atoms with Gasteiger partial charge in [0.25, 0.3) is 0 Å². The molecule has 1 fully saturated rings. The Balaban J connectivity index is 1.88. The molecular formula is C18H28N2O. The fourth-order valence-corrected chi connectivity index (χ4v) is 3.23. The monoisotopic (exact) mass is 288 g/mol. The van der Waals surface area contributed by atoms with Gasteiger partial charge in [0.1, 0.15) is 0 Å². The quantitative estimate of drug-likeness (QED) is 0.874. The zero-order chi connectivity index (χ0) is 15.1. The number of hydrogen-bond donors (Lipinski definition) is 1. The predicted octanol–water partition coefficient (Wildman–Crippen LogP) is 3.13. The molecule has 1 aliphatic heterocycles. The maximum absolute atomic E-state index is 12.6. The zero-order valence-corrected chi connectivity index (χ0v) is 13.1. The number of hydrogen-bond acceptors (Lipinski definition) is 2. The van der Waals surface area contributed by atoms with E-state index in [4.69, 9.17) is 5.73 Å². The second-order valence-electron chi connectivity index (χ2n) is 6.10. The van der Waals surface area contributed by atoms with Crippen molar-refractivity contribution in [2.75, 3.05) is 6.54 Å². The molecule has 21 heavy (non-hydrogen) atoms. The highest BCUT2D eigenvalue weighted by Crippen LogP contribution is 2.22. The summed E-state index contributed by atoms with van der Waals surface area (Å²) in [5.41, 5.74) is 7.42. The highest BCUT2D eigenvalue weighted by molar-refractivity contribution is 5.82. The number of amides is 1. The molecule has 2 N–H and O–H groups in total. The topological polar surface area (TPSA) is 46.3 Å².